The van der Waals surface area contributed by atoms with Gasteiger partial charge in [-0.05, 0) is 32.8 Å². The van der Waals surface area contributed by atoms with E-state index in [1.54, 1.807) is 4.90 Å². The van der Waals surface area contributed by atoms with Gasteiger partial charge in [0.25, 0.3) is 0 Å². The highest BCUT2D eigenvalue weighted by atomic mass is 16.5. The van der Waals surface area contributed by atoms with Gasteiger partial charge < -0.3 is 19.5 Å². The van der Waals surface area contributed by atoms with Crippen LogP contribution >= 0.6 is 0 Å². The van der Waals surface area contributed by atoms with Crippen molar-refractivity contribution in [1.29, 1.82) is 0 Å². The summed E-state index contributed by atoms with van der Waals surface area (Å²) in [4.78, 5) is 14.7. The summed E-state index contributed by atoms with van der Waals surface area (Å²) in [5.41, 5.74) is 2.47. The molecule has 126 valence electrons. The number of hydrogen-bond acceptors (Lipinski definition) is 4. The largest absolute Gasteiger partial charge is 0.491 e. The molecule has 1 aliphatic heterocycles. The van der Waals surface area contributed by atoms with Crippen molar-refractivity contribution in [1.82, 2.24) is 10.1 Å². The maximum atomic E-state index is 12.9. The predicted octanol–water partition coefficient (Wildman–Crippen LogP) is 3.68. The number of carbonyl (C=O) groups is 1. The highest BCUT2D eigenvalue weighted by Gasteiger charge is 2.33. The molecule has 1 aromatic carbocycles. The molecule has 1 fully saturated rings. The van der Waals surface area contributed by atoms with Crippen LogP contribution in [-0.4, -0.2) is 28.7 Å². The van der Waals surface area contributed by atoms with Gasteiger partial charge in [-0.25, -0.2) is 4.79 Å². The molecule has 24 heavy (non-hydrogen) atoms. The number of aromatic nitrogens is 1. The van der Waals surface area contributed by atoms with Gasteiger partial charge in [0.2, 0.25) is 0 Å². The first-order chi connectivity index (χ1) is 11.6. The summed E-state index contributed by atoms with van der Waals surface area (Å²) in [5, 5.41) is 7.03. The second kappa shape index (κ2) is 5.85. The van der Waals surface area contributed by atoms with Gasteiger partial charge in [0, 0.05) is 11.5 Å². The Morgan fingerprint density at radius 1 is 1.33 bits per heavy atom. The number of carbonyl (C=O) groups excluding carboxylic acids is 1. The van der Waals surface area contributed by atoms with Gasteiger partial charge in [-0.2, -0.15) is 0 Å². The Hall–Kier alpha value is -2.50. The lowest BCUT2D eigenvalue weighted by Gasteiger charge is -2.26. The SMILES string of the molecule is Cc1noc(C2CC2)c1NC(=O)N1Cc2ccccc2OCC1C. The monoisotopic (exact) mass is 327 g/mol. The number of amides is 2. The normalized spacial score (nSPS) is 20.1. The van der Waals surface area contributed by atoms with E-state index in [0.29, 0.717) is 19.1 Å². The summed E-state index contributed by atoms with van der Waals surface area (Å²) in [7, 11) is 0. The first kappa shape index (κ1) is 15.1. The van der Waals surface area contributed by atoms with E-state index in [4.69, 9.17) is 9.26 Å². The Labute approximate surface area is 140 Å². The van der Waals surface area contributed by atoms with Gasteiger partial charge in [0.1, 0.15) is 23.7 Å². The molecule has 1 saturated carbocycles. The highest BCUT2D eigenvalue weighted by Crippen LogP contribution is 2.44. The summed E-state index contributed by atoms with van der Waals surface area (Å²) in [5.74, 6) is 2.05. The Bertz CT molecular complexity index is 767. The predicted molar refractivity (Wildman–Crippen MR) is 89.2 cm³/mol. The molecule has 0 spiro atoms. The number of nitrogens with zero attached hydrogens (tertiary/aromatic N) is 2. The number of ether oxygens (including phenoxy) is 1. The first-order valence-electron chi connectivity index (χ1n) is 8.38. The maximum absolute atomic E-state index is 12.9. The molecular formula is C18H21N3O3. The van der Waals surface area contributed by atoms with E-state index in [1.165, 1.54) is 0 Å². The summed E-state index contributed by atoms with van der Waals surface area (Å²) >= 11 is 0. The van der Waals surface area contributed by atoms with E-state index in [9.17, 15) is 4.79 Å². The van der Waals surface area contributed by atoms with E-state index >= 15 is 0 Å². The third-order valence-electron chi connectivity index (χ3n) is 4.66. The summed E-state index contributed by atoms with van der Waals surface area (Å²) in [6.45, 7) is 4.85. The van der Waals surface area contributed by atoms with Crippen molar-refractivity contribution in [3.8, 4) is 5.75 Å². The topological polar surface area (TPSA) is 67.6 Å². The molecule has 0 bridgehead atoms. The van der Waals surface area contributed by atoms with Crippen molar-refractivity contribution in [3.63, 3.8) is 0 Å². The number of hydrogen-bond donors (Lipinski definition) is 1. The van der Waals surface area contributed by atoms with Crippen LogP contribution in [0.25, 0.3) is 0 Å². The zero-order valence-corrected chi connectivity index (χ0v) is 13.9. The van der Waals surface area contributed by atoms with Crippen LogP contribution in [0.1, 0.15) is 42.7 Å². The molecule has 1 atom stereocenters. The Morgan fingerprint density at radius 2 is 2.12 bits per heavy atom. The molecule has 1 unspecified atom stereocenters. The molecular weight excluding hydrogens is 306 g/mol. The molecule has 6 nitrogen and oxygen atoms in total. The zero-order valence-electron chi connectivity index (χ0n) is 13.9. The molecule has 2 aromatic rings. The van der Waals surface area contributed by atoms with Crippen LogP contribution in [-0.2, 0) is 6.54 Å². The lowest BCUT2D eigenvalue weighted by Crippen LogP contribution is -2.42. The number of fused-ring (bicyclic) bond motifs is 1. The molecule has 0 saturated heterocycles. The van der Waals surface area contributed by atoms with Gasteiger partial charge in [0.05, 0.1) is 12.6 Å². The van der Waals surface area contributed by atoms with Gasteiger partial charge in [0.15, 0.2) is 5.76 Å². The van der Waals surface area contributed by atoms with Crippen LogP contribution in [0.5, 0.6) is 5.75 Å². The van der Waals surface area contributed by atoms with Crippen molar-refractivity contribution in [2.75, 3.05) is 11.9 Å². The number of para-hydroxylation sites is 1. The number of anilines is 1. The second-order valence-corrected chi connectivity index (χ2v) is 6.61. The van der Waals surface area contributed by atoms with Gasteiger partial charge in [-0.1, -0.05) is 23.4 Å². The fourth-order valence-corrected chi connectivity index (χ4v) is 3.03. The second-order valence-electron chi connectivity index (χ2n) is 6.61. The van der Waals surface area contributed by atoms with Crippen molar-refractivity contribution < 1.29 is 14.1 Å². The Kier molecular flexibility index (Phi) is 3.67. The lowest BCUT2D eigenvalue weighted by atomic mass is 10.2. The van der Waals surface area contributed by atoms with Crippen LogP contribution in [0.4, 0.5) is 10.5 Å². The lowest BCUT2D eigenvalue weighted by molar-refractivity contribution is 0.168. The molecule has 1 aromatic heterocycles. The van der Waals surface area contributed by atoms with Crippen molar-refractivity contribution in [2.24, 2.45) is 0 Å². The van der Waals surface area contributed by atoms with E-state index in [2.05, 4.69) is 10.5 Å². The van der Waals surface area contributed by atoms with Crippen LogP contribution in [0, 0.1) is 6.92 Å². The van der Waals surface area contributed by atoms with Crippen LogP contribution < -0.4 is 10.1 Å². The number of urea groups is 1. The van der Waals surface area contributed by atoms with E-state index in [-0.39, 0.29) is 12.1 Å². The van der Waals surface area contributed by atoms with Crippen LogP contribution in [0.2, 0.25) is 0 Å². The van der Waals surface area contributed by atoms with Gasteiger partial charge in [-0.15, -0.1) is 0 Å². The van der Waals surface area contributed by atoms with Gasteiger partial charge >= 0.3 is 6.03 Å². The zero-order chi connectivity index (χ0) is 16.7. The van der Waals surface area contributed by atoms with Crippen LogP contribution in [0.3, 0.4) is 0 Å². The minimum absolute atomic E-state index is 0.0260. The van der Waals surface area contributed by atoms with Crippen molar-refractivity contribution in [2.45, 2.75) is 45.2 Å². The minimum Gasteiger partial charge on any atom is -0.491 e. The van der Waals surface area contributed by atoms with E-state index < -0.39 is 0 Å². The molecule has 0 radical (unpaired) electrons. The average Bonchev–Trinajstić information content (AvgIpc) is 3.37. The molecule has 4 rings (SSSR count). The standard InChI is InChI=1S/C18H21N3O3/c1-11-10-23-15-6-4-3-5-14(15)9-21(11)18(22)19-16-12(2)20-24-17(16)13-7-8-13/h3-6,11,13H,7-10H2,1-2H3,(H,19,22). The highest BCUT2D eigenvalue weighted by molar-refractivity contribution is 5.91. The van der Waals surface area contributed by atoms with Crippen molar-refractivity contribution >= 4 is 11.7 Å². The molecule has 1 N–H and O–H groups in total. The summed E-state index contributed by atoms with van der Waals surface area (Å²) in [6.07, 6.45) is 2.19. The number of aryl methyl sites for hydroxylation is 1. The molecule has 2 amide bonds. The van der Waals surface area contributed by atoms with Crippen molar-refractivity contribution in [3.05, 3.63) is 41.3 Å². The molecule has 2 aliphatic rings. The quantitative estimate of drug-likeness (QED) is 0.914. The molecule has 2 heterocycles. The fraction of sp³-hybridized carbons (Fsp3) is 0.444. The van der Waals surface area contributed by atoms with E-state index in [1.807, 2.05) is 38.1 Å². The maximum Gasteiger partial charge on any atom is 0.322 e. The number of benzene rings is 1. The van der Waals surface area contributed by atoms with Gasteiger partial charge in [-0.3, -0.25) is 0 Å². The van der Waals surface area contributed by atoms with E-state index in [0.717, 1.165) is 41.3 Å². The smallest absolute Gasteiger partial charge is 0.322 e. The molecule has 6 heteroatoms. The third kappa shape index (κ3) is 2.72. The fourth-order valence-electron chi connectivity index (χ4n) is 3.03. The first-order valence-corrected chi connectivity index (χ1v) is 8.38. The summed E-state index contributed by atoms with van der Waals surface area (Å²) in [6, 6.07) is 7.68. The van der Waals surface area contributed by atoms with Crippen LogP contribution in [0.15, 0.2) is 28.8 Å². The molecule has 1 aliphatic carbocycles. The summed E-state index contributed by atoms with van der Waals surface area (Å²) < 4.78 is 11.2. The minimum atomic E-state index is -0.143. The Balaban J connectivity index is 1.56. The third-order valence-corrected chi connectivity index (χ3v) is 4.66. The Morgan fingerprint density at radius 3 is 2.92 bits per heavy atom. The number of rotatable bonds is 2. The average molecular weight is 327 g/mol. The number of nitrogens with one attached hydrogen (secondary N) is 1.